The summed E-state index contributed by atoms with van der Waals surface area (Å²) in [6, 6.07) is 12.3. The van der Waals surface area contributed by atoms with Crippen molar-refractivity contribution in [1.29, 1.82) is 5.26 Å². The van der Waals surface area contributed by atoms with E-state index in [1.165, 1.54) is 37.5 Å². The van der Waals surface area contributed by atoms with Crippen LogP contribution in [0.15, 0.2) is 48.5 Å². The minimum atomic E-state index is -2.99. The average Bonchev–Trinajstić information content (AvgIpc) is 2.71. The van der Waals surface area contributed by atoms with E-state index in [-0.39, 0.29) is 11.5 Å². The molecule has 2 aromatic carbocycles. The number of esters is 1. The van der Waals surface area contributed by atoms with Crippen molar-refractivity contribution in [2.45, 2.75) is 6.61 Å². The van der Waals surface area contributed by atoms with Crippen LogP contribution in [0.2, 0.25) is 0 Å². The van der Waals surface area contributed by atoms with Crippen LogP contribution >= 0.6 is 0 Å². The standard InChI is InChI=1S/C20H16F2N2O5/c1-27-17-10-13(5-7-16(17)29-20(21)22)6-8-19(26)28-12-18(25)24-15-4-2-3-14(9-15)11-23/h2-10,20H,12H2,1H3,(H,24,25)/b8-6+. The van der Waals surface area contributed by atoms with Crippen molar-refractivity contribution in [3.05, 3.63) is 59.7 Å². The molecule has 0 aliphatic heterocycles. The van der Waals surface area contributed by atoms with Crippen molar-refractivity contribution >= 4 is 23.6 Å². The Bertz CT molecular complexity index is 954. The number of alkyl halides is 2. The van der Waals surface area contributed by atoms with Crippen LogP contribution in [0.25, 0.3) is 6.08 Å². The van der Waals surface area contributed by atoms with Gasteiger partial charge in [-0.05, 0) is 42.0 Å². The molecule has 0 heterocycles. The smallest absolute Gasteiger partial charge is 0.387 e. The van der Waals surface area contributed by atoms with Crippen molar-refractivity contribution in [2.24, 2.45) is 0 Å². The van der Waals surface area contributed by atoms with Crippen LogP contribution in [0.5, 0.6) is 11.5 Å². The van der Waals surface area contributed by atoms with Crippen LogP contribution in [0.4, 0.5) is 14.5 Å². The fraction of sp³-hybridized carbons (Fsp3) is 0.150. The third kappa shape index (κ3) is 6.95. The molecule has 0 saturated heterocycles. The Balaban J connectivity index is 1.89. The van der Waals surface area contributed by atoms with Crippen LogP contribution in [0, 0.1) is 11.3 Å². The van der Waals surface area contributed by atoms with Gasteiger partial charge in [-0.15, -0.1) is 0 Å². The van der Waals surface area contributed by atoms with Crippen LogP contribution in [-0.4, -0.2) is 32.2 Å². The van der Waals surface area contributed by atoms with E-state index in [2.05, 4.69) is 10.1 Å². The molecule has 2 aromatic rings. The van der Waals surface area contributed by atoms with Gasteiger partial charge < -0.3 is 19.5 Å². The Labute approximate surface area is 165 Å². The number of amides is 1. The molecule has 2 rings (SSSR count). The molecule has 0 saturated carbocycles. The first-order valence-corrected chi connectivity index (χ1v) is 8.19. The van der Waals surface area contributed by atoms with Crippen molar-refractivity contribution in [3.63, 3.8) is 0 Å². The first kappa shape index (κ1) is 21.4. The fourth-order valence-corrected chi connectivity index (χ4v) is 2.19. The first-order chi connectivity index (χ1) is 13.9. The van der Waals surface area contributed by atoms with E-state index in [4.69, 9.17) is 14.7 Å². The van der Waals surface area contributed by atoms with Gasteiger partial charge in [0, 0.05) is 11.8 Å². The van der Waals surface area contributed by atoms with Crippen molar-refractivity contribution in [2.75, 3.05) is 19.0 Å². The van der Waals surface area contributed by atoms with E-state index in [0.29, 0.717) is 16.8 Å². The summed E-state index contributed by atoms with van der Waals surface area (Å²) in [6.07, 6.45) is 2.44. The number of hydrogen-bond donors (Lipinski definition) is 1. The summed E-state index contributed by atoms with van der Waals surface area (Å²) >= 11 is 0. The third-order valence-electron chi connectivity index (χ3n) is 3.44. The van der Waals surface area contributed by atoms with Gasteiger partial charge in [0.05, 0.1) is 18.7 Å². The maximum absolute atomic E-state index is 12.3. The Morgan fingerprint density at radius 3 is 2.69 bits per heavy atom. The predicted octanol–water partition coefficient (Wildman–Crippen LogP) is 3.36. The molecule has 0 spiro atoms. The highest BCUT2D eigenvalue weighted by Crippen LogP contribution is 2.29. The van der Waals surface area contributed by atoms with Gasteiger partial charge in [0.2, 0.25) is 0 Å². The molecule has 0 aromatic heterocycles. The molecular formula is C20H16F2N2O5. The summed E-state index contributed by atoms with van der Waals surface area (Å²) in [5.41, 5.74) is 1.25. The first-order valence-electron chi connectivity index (χ1n) is 8.19. The second-order valence-corrected chi connectivity index (χ2v) is 5.47. The summed E-state index contributed by atoms with van der Waals surface area (Å²) in [6.45, 7) is -3.52. The summed E-state index contributed by atoms with van der Waals surface area (Å²) in [5, 5.41) is 11.3. The number of halogens is 2. The average molecular weight is 402 g/mol. The number of carbonyl (C=O) groups is 2. The van der Waals surface area contributed by atoms with Gasteiger partial charge in [0.15, 0.2) is 18.1 Å². The Morgan fingerprint density at radius 2 is 2.00 bits per heavy atom. The van der Waals surface area contributed by atoms with Crippen molar-refractivity contribution in [3.8, 4) is 17.6 Å². The molecule has 0 bridgehead atoms. The molecule has 1 amide bonds. The minimum Gasteiger partial charge on any atom is -0.493 e. The quantitative estimate of drug-likeness (QED) is 0.537. The molecule has 9 heteroatoms. The van der Waals surface area contributed by atoms with E-state index < -0.39 is 25.1 Å². The van der Waals surface area contributed by atoms with Gasteiger partial charge >= 0.3 is 12.6 Å². The molecule has 0 radical (unpaired) electrons. The maximum atomic E-state index is 12.3. The third-order valence-corrected chi connectivity index (χ3v) is 3.44. The number of ether oxygens (including phenoxy) is 3. The van der Waals surface area contributed by atoms with Gasteiger partial charge in [0.25, 0.3) is 5.91 Å². The lowest BCUT2D eigenvalue weighted by molar-refractivity contribution is -0.142. The van der Waals surface area contributed by atoms with Crippen molar-refractivity contribution in [1.82, 2.24) is 0 Å². The molecule has 0 aliphatic rings. The molecule has 0 atom stereocenters. The summed E-state index contributed by atoms with van der Waals surface area (Å²) in [5.74, 6) is -1.42. The lowest BCUT2D eigenvalue weighted by Gasteiger charge is -2.10. The van der Waals surface area contributed by atoms with E-state index >= 15 is 0 Å². The Hall–Kier alpha value is -3.93. The molecular weight excluding hydrogens is 386 g/mol. The number of benzene rings is 2. The zero-order valence-corrected chi connectivity index (χ0v) is 15.2. The molecule has 1 N–H and O–H groups in total. The van der Waals surface area contributed by atoms with Crippen LogP contribution < -0.4 is 14.8 Å². The zero-order valence-electron chi connectivity index (χ0n) is 15.2. The fourth-order valence-electron chi connectivity index (χ4n) is 2.19. The summed E-state index contributed by atoms with van der Waals surface area (Å²) < 4.78 is 38.7. The highest BCUT2D eigenvalue weighted by atomic mass is 19.3. The number of anilines is 1. The molecule has 0 fully saturated rings. The van der Waals surface area contributed by atoms with Crippen LogP contribution in [-0.2, 0) is 14.3 Å². The van der Waals surface area contributed by atoms with Gasteiger partial charge in [-0.2, -0.15) is 14.0 Å². The van der Waals surface area contributed by atoms with Crippen LogP contribution in [0.1, 0.15) is 11.1 Å². The monoisotopic (exact) mass is 402 g/mol. The predicted molar refractivity (Wildman–Crippen MR) is 99.4 cm³/mol. The number of carbonyl (C=O) groups excluding carboxylic acids is 2. The van der Waals surface area contributed by atoms with E-state index in [0.717, 1.165) is 6.08 Å². The van der Waals surface area contributed by atoms with E-state index in [1.807, 2.05) is 6.07 Å². The summed E-state index contributed by atoms with van der Waals surface area (Å²) in [7, 11) is 1.29. The lowest BCUT2D eigenvalue weighted by atomic mass is 10.2. The number of hydrogen-bond acceptors (Lipinski definition) is 6. The molecule has 29 heavy (non-hydrogen) atoms. The topological polar surface area (TPSA) is 97.6 Å². The number of nitriles is 1. The highest BCUT2D eigenvalue weighted by Gasteiger charge is 2.11. The second kappa shape index (κ2) is 10.4. The number of nitrogens with one attached hydrogen (secondary N) is 1. The van der Waals surface area contributed by atoms with Crippen molar-refractivity contribution < 1.29 is 32.6 Å². The van der Waals surface area contributed by atoms with Gasteiger partial charge in [0.1, 0.15) is 0 Å². The lowest BCUT2D eigenvalue weighted by Crippen LogP contribution is -2.20. The molecule has 7 nitrogen and oxygen atoms in total. The molecule has 150 valence electrons. The highest BCUT2D eigenvalue weighted by molar-refractivity contribution is 5.94. The SMILES string of the molecule is COc1cc(/C=C/C(=O)OCC(=O)Nc2cccc(C#N)c2)ccc1OC(F)F. The largest absolute Gasteiger partial charge is 0.493 e. The van der Waals surface area contributed by atoms with Gasteiger partial charge in [-0.1, -0.05) is 12.1 Å². The maximum Gasteiger partial charge on any atom is 0.387 e. The van der Waals surface area contributed by atoms with Gasteiger partial charge in [-0.25, -0.2) is 4.79 Å². The molecule has 0 aliphatic carbocycles. The van der Waals surface area contributed by atoms with Gasteiger partial charge in [-0.3, -0.25) is 4.79 Å². The second-order valence-electron chi connectivity index (χ2n) is 5.47. The Morgan fingerprint density at radius 1 is 1.21 bits per heavy atom. The number of methoxy groups -OCH3 is 1. The minimum absolute atomic E-state index is 0.0693. The van der Waals surface area contributed by atoms with E-state index in [9.17, 15) is 18.4 Å². The number of nitrogens with zero attached hydrogens (tertiary/aromatic N) is 1. The molecule has 0 unspecified atom stereocenters. The normalized spacial score (nSPS) is 10.4. The Kier molecular flexibility index (Phi) is 7.68. The zero-order chi connectivity index (χ0) is 21.2. The summed E-state index contributed by atoms with van der Waals surface area (Å²) in [4.78, 5) is 23.6. The van der Waals surface area contributed by atoms with E-state index in [1.54, 1.807) is 18.2 Å². The number of rotatable bonds is 8. The van der Waals surface area contributed by atoms with Crippen LogP contribution in [0.3, 0.4) is 0 Å².